The lowest BCUT2D eigenvalue weighted by molar-refractivity contribution is -0.135. The highest BCUT2D eigenvalue weighted by molar-refractivity contribution is 5.76. The van der Waals surface area contributed by atoms with E-state index < -0.39 is 0 Å². The number of hydrogen-bond donors (Lipinski definition) is 1. The molecule has 27 heavy (non-hydrogen) atoms. The molecule has 5 nitrogen and oxygen atoms in total. The maximum atomic E-state index is 12.4. The molecule has 0 saturated carbocycles. The van der Waals surface area contributed by atoms with Crippen LogP contribution in [0, 0.1) is 11.8 Å². The highest BCUT2D eigenvalue weighted by Gasteiger charge is 2.36. The summed E-state index contributed by atoms with van der Waals surface area (Å²) in [7, 11) is 0. The number of morpholine rings is 1. The van der Waals surface area contributed by atoms with E-state index in [9.17, 15) is 4.79 Å². The van der Waals surface area contributed by atoms with E-state index in [-0.39, 0.29) is 0 Å². The van der Waals surface area contributed by atoms with Crippen molar-refractivity contribution >= 4 is 5.91 Å². The van der Waals surface area contributed by atoms with Crippen molar-refractivity contribution in [2.45, 2.75) is 38.3 Å². The summed E-state index contributed by atoms with van der Waals surface area (Å²) in [6.45, 7) is 7.49. The minimum absolute atomic E-state index is 0.307. The zero-order valence-corrected chi connectivity index (χ0v) is 16.3. The summed E-state index contributed by atoms with van der Waals surface area (Å²) in [4.78, 5) is 17.0. The van der Waals surface area contributed by atoms with Gasteiger partial charge < -0.3 is 15.0 Å². The van der Waals surface area contributed by atoms with Gasteiger partial charge in [0.05, 0.1) is 13.2 Å². The first-order valence-corrected chi connectivity index (χ1v) is 10.6. The second-order valence-corrected chi connectivity index (χ2v) is 8.44. The van der Waals surface area contributed by atoms with Gasteiger partial charge in [0.1, 0.15) is 0 Å². The van der Waals surface area contributed by atoms with Crippen LogP contribution in [0.4, 0.5) is 0 Å². The number of carbonyl (C=O) groups is 1. The lowest BCUT2D eigenvalue weighted by Gasteiger charge is -2.46. The van der Waals surface area contributed by atoms with Crippen molar-refractivity contribution in [3.63, 3.8) is 0 Å². The number of hydrogen-bond acceptors (Lipinski definition) is 4. The van der Waals surface area contributed by atoms with Crippen molar-refractivity contribution in [2.75, 3.05) is 45.9 Å². The van der Waals surface area contributed by atoms with Crippen molar-refractivity contribution in [3.8, 4) is 0 Å². The molecule has 0 aliphatic carbocycles. The molecule has 1 aromatic carbocycles. The summed E-state index contributed by atoms with van der Waals surface area (Å²) in [6, 6.07) is 11.4. The van der Waals surface area contributed by atoms with Crippen LogP contribution in [0.1, 0.15) is 31.2 Å². The van der Waals surface area contributed by atoms with Gasteiger partial charge in [0.25, 0.3) is 0 Å². The van der Waals surface area contributed by atoms with Crippen LogP contribution in [-0.2, 0) is 16.1 Å². The van der Waals surface area contributed by atoms with Gasteiger partial charge >= 0.3 is 0 Å². The van der Waals surface area contributed by atoms with Gasteiger partial charge in [-0.1, -0.05) is 30.3 Å². The van der Waals surface area contributed by atoms with Crippen LogP contribution in [0.25, 0.3) is 0 Å². The minimum Gasteiger partial charge on any atom is -0.378 e. The van der Waals surface area contributed by atoms with Gasteiger partial charge in [0.15, 0.2) is 0 Å². The van der Waals surface area contributed by atoms with Crippen molar-refractivity contribution in [1.82, 2.24) is 15.1 Å². The zero-order chi connectivity index (χ0) is 18.5. The highest BCUT2D eigenvalue weighted by atomic mass is 16.5. The van der Waals surface area contributed by atoms with E-state index in [2.05, 4.69) is 40.5 Å². The quantitative estimate of drug-likeness (QED) is 0.832. The lowest BCUT2D eigenvalue weighted by Crippen LogP contribution is -2.55. The van der Waals surface area contributed by atoms with E-state index in [0.717, 1.165) is 50.9 Å². The Morgan fingerprint density at radius 3 is 2.78 bits per heavy atom. The van der Waals surface area contributed by atoms with Crippen LogP contribution in [0.5, 0.6) is 0 Å². The van der Waals surface area contributed by atoms with Crippen molar-refractivity contribution in [1.29, 1.82) is 0 Å². The largest absolute Gasteiger partial charge is 0.378 e. The zero-order valence-electron chi connectivity index (χ0n) is 16.3. The fourth-order valence-corrected chi connectivity index (χ4v) is 5.03. The highest BCUT2D eigenvalue weighted by Crippen LogP contribution is 2.31. The van der Waals surface area contributed by atoms with E-state index in [1.807, 2.05) is 4.90 Å². The number of fused-ring (bicyclic) bond motifs is 2. The predicted octanol–water partition coefficient (Wildman–Crippen LogP) is 2.13. The van der Waals surface area contributed by atoms with Crippen molar-refractivity contribution < 1.29 is 9.53 Å². The smallest absolute Gasteiger partial charge is 0.222 e. The number of amides is 1. The molecule has 3 saturated heterocycles. The Hall–Kier alpha value is -1.43. The SMILES string of the molecule is O=C(CCC[C@H]1NC[C@@H]2C[C@H]1CN(Cc1ccccc1)C2)N1CCOCC1. The third-order valence-electron chi connectivity index (χ3n) is 6.40. The third-order valence-corrected chi connectivity index (χ3v) is 6.40. The Morgan fingerprint density at radius 1 is 1.15 bits per heavy atom. The fourth-order valence-electron chi connectivity index (χ4n) is 5.03. The number of nitrogens with one attached hydrogen (secondary N) is 1. The van der Waals surface area contributed by atoms with Crippen molar-refractivity contribution in [3.05, 3.63) is 35.9 Å². The third kappa shape index (κ3) is 5.09. The Kier molecular flexibility index (Phi) is 6.43. The van der Waals surface area contributed by atoms with Gasteiger partial charge in [-0.2, -0.15) is 0 Å². The van der Waals surface area contributed by atoms with Crippen LogP contribution in [-0.4, -0.2) is 67.7 Å². The molecule has 5 heteroatoms. The number of carbonyl (C=O) groups excluding carboxylic acids is 1. The molecule has 3 fully saturated rings. The minimum atomic E-state index is 0.307. The number of piperidine rings is 2. The van der Waals surface area contributed by atoms with Gasteiger partial charge in [-0.15, -0.1) is 0 Å². The molecule has 3 atom stereocenters. The molecule has 0 aromatic heterocycles. The van der Waals surface area contributed by atoms with E-state index in [0.29, 0.717) is 31.6 Å². The molecular formula is C22H33N3O2. The molecule has 3 heterocycles. The van der Waals surface area contributed by atoms with E-state index in [1.165, 1.54) is 25.1 Å². The van der Waals surface area contributed by atoms with E-state index >= 15 is 0 Å². The standard InChI is InChI=1S/C22H33N3O2/c26-22(25-9-11-27-12-10-25)8-4-7-21-20-13-19(14-23-21)16-24(17-20)15-18-5-2-1-3-6-18/h1-3,5-6,19-21,23H,4,7-17H2/t19-,20-,21+/m0/s1. The van der Waals surface area contributed by atoms with Gasteiger partial charge in [0, 0.05) is 45.2 Å². The van der Waals surface area contributed by atoms with Gasteiger partial charge in [-0.3, -0.25) is 9.69 Å². The number of benzene rings is 1. The van der Waals surface area contributed by atoms with Gasteiger partial charge in [0.2, 0.25) is 5.91 Å². The Labute approximate surface area is 163 Å². The Bertz CT molecular complexity index is 603. The first kappa shape index (κ1) is 18.9. The monoisotopic (exact) mass is 371 g/mol. The molecular weight excluding hydrogens is 338 g/mol. The molecule has 1 N–H and O–H groups in total. The number of likely N-dealkylation sites (tertiary alicyclic amines) is 1. The topological polar surface area (TPSA) is 44.8 Å². The number of ether oxygens (including phenoxy) is 1. The summed E-state index contributed by atoms with van der Waals surface area (Å²) in [5.74, 6) is 1.81. The summed E-state index contributed by atoms with van der Waals surface area (Å²) < 4.78 is 5.34. The number of rotatable bonds is 6. The van der Waals surface area contributed by atoms with Crippen LogP contribution in [0.15, 0.2) is 30.3 Å². The summed E-state index contributed by atoms with van der Waals surface area (Å²) in [5.41, 5.74) is 1.41. The molecule has 1 aromatic rings. The summed E-state index contributed by atoms with van der Waals surface area (Å²) in [6.07, 6.45) is 4.14. The molecule has 0 spiro atoms. The molecule has 0 unspecified atom stereocenters. The Balaban J connectivity index is 1.24. The van der Waals surface area contributed by atoms with Gasteiger partial charge in [-0.25, -0.2) is 0 Å². The molecule has 1 amide bonds. The van der Waals surface area contributed by atoms with Crippen LogP contribution in [0.3, 0.4) is 0 Å². The van der Waals surface area contributed by atoms with Crippen LogP contribution < -0.4 is 5.32 Å². The number of nitrogens with zero attached hydrogens (tertiary/aromatic N) is 2. The van der Waals surface area contributed by atoms with E-state index in [4.69, 9.17) is 4.74 Å². The lowest BCUT2D eigenvalue weighted by atomic mass is 9.79. The second kappa shape index (κ2) is 9.18. The Morgan fingerprint density at radius 2 is 1.96 bits per heavy atom. The maximum absolute atomic E-state index is 12.4. The van der Waals surface area contributed by atoms with E-state index in [1.54, 1.807) is 0 Å². The molecule has 3 aliphatic heterocycles. The normalized spacial score (nSPS) is 28.9. The first-order chi connectivity index (χ1) is 13.3. The maximum Gasteiger partial charge on any atom is 0.222 e. The summed E-state index contributed by atoms with van der Waals surface area (Å²) >= 11 is 0. The summed E-state index contributed by atoms with van der Waals surface area (Å²) in [5, 5.41) is 3.79. The molecule has 2 bridgehead atoms. The fraction of sp³-hybridized carbons (Fsp3) is 0.682. The first-order valence-electron chi connectivity index (χ1n) is 10.6. The van der Waals surface area contributed by atoms with Gasteiger partial charge in [-0.05, 0) is 43.2 Å². The molecule has 4 rings (SSSR count). The van der Waals surface area contributed by atoms with Crippen LogP contribution in [0.2, 0.25) is 0 Å². The second-order valence-electron chi connectivity index (χ2n) is 8.44. The molecule has 148 valence electrons. The average molecular weight is 372 g/mol. The predicted molar refractivity (Wildman–Crippen MR) is 106 cm³/mol. The van der Waals surface area contributed by atoms with Crippen LogP contribution >= 0.6 is 0 Å². The molecule has 3 aliphatic rings. The average Bonchev–Trinajstić information content (AvgIpc) is 2.71. The molecule has 0 radical (unpaired) electrons. The van der Waals surface area contributed by atoms with Crippen molar-refractivity contribution in [2.24, 2.45) is 11.8 Å².